The highest BCUT2D eigenvalue weighted by atomic mass is 17.8. The van der Waals surface area contributed by atoms with Gasteiger partial charge in [0.15, 0.2) is 6.61 Å². The summed E-state index contributed by atoms with van der Waals surface area (Å²) in [6.07, 6.45) is 0. The topological polar surface area (TPSA) is 94.5 Å². The van der Waals surface area contributed by atoms with Gasteiger partial charge < -0.3 is 5.11 Å². The van der Waals surface area contributed by atoms with E-state index in [1.165, 1.54) is 0 Å². The van der Waals surface area contributed by atoms with Gasteiger partial charge >= 0.3 is 5.97 Å². The molecular formula is C2H4O7. The van der Waals surface area contributed by atoms with Crippen LogP contribution in [0.1, 0.15) is 0 Å². The summed E-state index contributed by atoms with van der Waals surface area (Å²) in [6.45, 7) is -0.705. The number of carboxylic acid groups (broad SMARTS) is 1. The summed E-state index contributed by atoms with van der Waals surface area (Å²) < 4.78 is 0. The van der Waals surface area contributed by atoms with E-state index in [1.807, 2.05) is 0 Å². The Kier molecular flexibility index (Phi) is 4.97. The van der Waals surface area contributed by atoms with Gasteiger partial charge in [0.1, 0.15) is 0 Å². The SMILES string of the molecule is O=C(O)COOOOO. The monoisotopic (exact) mass is 140 g/mol. The molecule has 0 aliphatic rings. The van der Waals surface area contributed by atoms with E-state index in [2.05, 4.69) is 20.0 Å². The van der Waals surface area contributed by atoms with Gasteiger partial charge in [0.05, 0.1) is 0 Å². The molecule has 54 valence electrons. The lowest BCUT2D eigenvalue weighted by atomic mass is 10.8. The lowest BCUT2D eigenvalue weighted by molar-refractivity contribution is -0.701. The van der Waals surface area contributed by atoms with Gasteiger partial charge in [-0.15, -0.1) is 0 Å². The minimum Gasteiger partial charge on any atom is -0.479 e. The molecule has 0 heterocycles. The third kappa shape index (κ3) is 7.27. The van der Waals surface area contributed by atoms with Crippen molar-refractivity contribution in [2.75, 3.05) is 6.61 Å². The standard InChI is InChI=1S/C2H4O7/c3-2(4)1-6-8-9-7-5/h5H,1H2,(H,3,4). The lowest BCUT2D eigenvalue weighted by Gasteiger charge is -1.92. The van der Waals surface area contributed by atoms with Crippen molar-refractivity contribution in [2.24, 2.45) is 0 Å². The summed E-state index contributed by atoms with van der Waals surface area (Å²) in [4.78, 5) is 13.3. The van der Waals surface area contributed by atoms with E-state index >= 15 is 0 Å². The second-order valence-corrected chi connectivity index (χ2v) is 0.867. The summed E-state index contributed by atoms with van der Waals surface area (Å²) in [5, 5.41) is 24.8. The van der Waals surface area contributed by atoms with Crippen LogP contribution in [-0.2, 0) is 24.8 Å². The fourth-order valence-corrected chi connectivity index (χ4v) is 0.107. The molecule has 7 heteroatoms. The van der Waals surface area contributed by atoms with Crippen molar-refractivity contribution in [1.82, 2.24) is 0 Å². The van der Waals surface area contributed by atoms with Crippen molar-refractivity contribution in [3.05, 3.63) is 0 Å². The Labute approximate surface area is 49.0 Å². The molecule has 0 saturated heterocycles. The van der Waals surface area contributed by atoms with Gasteiger partial charge in [0, 0.05) is 0 Å². The lowest BCUT2D eigenvalue weighted by Crippen LogP contribution is -2.07. The van der Waals surface area contributed by atoms with Crippen LogP contribution < -0.4 is 0 Å². The highest BCUT2D eigenvalue weighted by molar-refractivity contribution is 5.67. The molecule has 7 nitrogen and oxygen atoms in total. The summed E-state index contributed by atoms with van der Waals surface area (Å²) in [7, 11) is 0. The van der Waals surface area contributed by atoms with Gasteiger partial charge in [-0.05, 0) is 15.1 Å². The van der Waals surface area contributed by atoms with Crippen molar-refractivity contribution in [2.45, 2.75) is 0 Å². The molecule has 0 aromatic rings. The number of carboxylic acids is 1. The number of hydrogen-bond acceptors (Lipinski definition) is 6. The van der Waals surface area contributed by atoms with E-state index in [0.717, 1.165) is 0 Å². The van der Waals surface area contributed by atoms with Crippen LogP contribution in [0.4, 0.5) is 0 Å². The molecule has 0 unspecified atom stereocenters. The number of carbonyl (C=O) groups is 1. The first-order valence-electron chi connectivity index (χ1n) is 1.75. The van der Waals surface area contributed by atoms with Gasteiger partial charge in [-0.2, -0.15) is 4.89 Å². The zero-order valence-corrected chi connectivity index (χ0v) is 4.14. The van der Waals surface area contributed by atoms with Crippen LogP contribution in [0.25, 0.3) is 0 Å². The highest BCUT2D eigenvalue weighted by Crippen LogP contribution is 1.79. The van der Waals surface area contributed by atoms with Crippen LogP contribution >= 0.6 is 0 Å². The number of aliphatic carboxylic acids is 1. The first-order valence-corrected chi connectivity index (χ1v) is 1.75. The Bertz CT molecular complexity index is 79.0. The fourth-order valence-electron chi connectivity index (χ4n) is 0.107. The minimum absolute atomic E-state index is 0.705. The van der Waals surface area contributed by atoms with Crippen molar-refractivity contribution < 1.29 is 35.2 Å². The molecular weight excluding hydrogens is 136 g/mol. The van der Waals surface area contributed by atoms with Crippen LogP contribution in [0.3, 0.4) is 0 Å². The summed E-state index contributed by atoms with van der Waals surface area (Å²) in [5.41, 5.74) is 0. The van der Waals surface area contributed by atoms with Crippen molar-refractivity contribution in [3.8, 4) is 0 Å². The summed E-state index contributed by atoms with van der Waals surface area (Å²) in [5.74, 6) is -1.24. The first kappa shape index (κ1) is 8.27. The van der Waals surface area contributed by atoms with E-state index in [4.69, 9.17) is 10.4 Å². The van der Waals surface area contributed by atoms with E-state index in [-0.39, 0.29) is 0 Å². The predicted molar refractivity (Wildman–Crippen MR) is 19.5 cm³/mol. The van der Waals surface area contributed by atoms with E-state index < -0.39 is 12.6 Å². The minimum atomic E-state index is -1.24. The molecule has 0 atom stereocenters. The zero-order chi connectivity index (χ0) is 7.11. The Hall–Kier alpha value is -0.730. The second kappa shape index (κ2) is 5.41. The van der Waals surface area contributed by atoms with E-state index in [1.54, 1.807) is 0 Å². The molecule has 0 radical (unpaired) electrons. The van der Waals surface area contributed by atoms with Crippen LogP contribution in [-0.4, -0.2) is 22.9 Å². The third-order valence-corrected chi connectivity index (χ3v) is 0.289. The average molecular weight is 140 g/mol. The normalized spacial score (nSPS) is 9.44. The summed E-state index contributed by atoms with van der Waals surface area (Å²) in [6, 6.07) is 0. The molecule has 0 aromatic carbocycles. The predicted octanol–water partition coefficient (Wildman–Crippen LogP) is -0.645. The highest BCUT2D eigenvalue weighted by Gasteiger charge is 1.96. The molecule has 0 bridgehead atoms. The van der Waals surface area contributed by atoms with Gasteiger partial charge in [0.2, 0.25) is 0 Å². The largest absolute Gasteiger partial charge is 0.479 e. The second-order valence-electron chi connectivity index (χ2n) is 0.867. The molecule has 0 rings (SSSR count). The van der Waals surface area contributed by atoms with Crippen molar-refractivity contribution >= 4 is 5.97 Å². The van der Waals surface area contributed by atoms with Crippen molar-refractivity contribution in [1.29, 1.82) is 0 Å². The maximum absolute atomic E-state index is 9.60. The van der Waals surface area contributed by atoms with Crippen molar-refractivity contribution in [3.63, 3.8) is 0 Å². The number of hydrogen-bond donors (Lipinski definition) is 2. The Balaban J connectivity index is 2.83. The molecule has 0 fully saturated rings. The molecule has 0 spiro atoms. The fraction of sp³-hybridized carbons (Fsp3) is 0.500. The molecule has 0 amide bonds. The van der Waals surface area contributed by atoms with Gasteiger partial charge in [-0.25, -0.2) is 10.1 Å². The van der Waals surface area contributed by atoms with Crippen LogP contribution in [0, 0.1) is 0 Å². The molecule has 2 N–H and O–H groups in total. The zero-order valence-electron chi connectivity index (χ0n) is 4.14. The Morgan fingerprint density at radius 1 is 1.44 bits per heavy atom. The van der Waals surface area contributed by atoms with E-state index in [0.29, 0.717) is 0 Å². The van der Waals surface area contributed by atoms with Gasteiger partial charge in [-0.3, -0.25) is 0 Å². The maximum Gasteiger partial charge on any atom is 0.333 e. The average Bonchev–Trinajstić information content (AvgIpc) is 1.80. The molecule has 0 aliphatic heterocycles. The molecule has 0 aliphatic carbocycles. The van der Waals surface area contributed by atoms with Gasteiger partial charge in [0.25, 0.3) is 0 Å². The Morgan fingerprint density at radius 3 is 2.56 bits per heavy atom. The van der Waals surface area contributed by atoms with E-state index in [9.17, 15) is 4.79 Å². The molecule has 0 saturated carbocycles. The van der Waals surface area contributed by atoms with Gasteiger partial charge in [-0.1, -0.05) is 0 Å². The smallest absolute Gasteiger partial charge is 0.333 e. The maximum atomic E-state index is 9.60. The third-order valence-electron chi connectivity index (χ3n) is 0.289. The summed E-state index contributed by atoms with van der Waals surface area (Å²) >= 11 is 0. The molecule has 0 aromatic heterocycles. The van der Waals surface area contributed by atoms with Crippen LogP contribution in [0.2, 0.25) is 0 Å². The first-order chi connectivity index (χ1) is 4.27. The number of rotatable bonds is 5. The Morgan fingerprint density at radius 2 is 2.11 bits per heavy atom. The van der Waals surface area contributed by atoms with Crippen LogP contribution in [0.5, 0.6) is 0 Å². The quantitative estimate of drug-likeness (QED) is 0.297. The van der Waals surface area contributed by atoms with Crippen LogP contribution in [0.15, 0.2) is 0 Å². The molecule has 9 heavy (non-hydrogen) atoms.